The summed E-state index contributed by atoms with van der Waals surface area (Å²) in [6.07, 6.45) is -1.59. The number of amides is 1. The number of carbonyl (C=O) groups is 2. The number of nitrogens with one attached hydrogen (secondary N) is 1. The molecule has 1 aliphatic rings. The molecule has 8 heteroatoms. The summed E-state index contributed by atoms with van der Waals surface area (Å²) in [5.41, 5.74) is 3.62. The molecule has 1 atom stereocenters. The van der Waals surface area contributed by atoms with Crippen LogP contribution >= 0.6 is 11.6 Å². The van der Waals surface area contributed by atoms with Gasteiger partial charge in [0, 0.05) is 22.9 Å². The zero-order valence-corrected chi connectivity index (χ0v) is 17.4. The zero-order chi connectivity index (χ0) is 22.8. The van der Waals surface area contributed by atoms with Gasteiger partial charge in [-0.3, -0.25) is 0 Å². The van der Waals surface area contributed by atoms with Gasteiger partial charge in [0.25, 0.3) is 0 Å². The van der Waals surface area contributed by atoms with Gasteiger partial charge in [-0.1, -0.05) is 60.1 Å². The molecule has 32 heavy (non-hydrogen) atoms. The van der Waals surface area contributed by atoms with E-state index < -0.39 is 41.7 Å². The Balaban J connectivity index is 1.46. The summed E-state index contributed by atoms with van der Waals surface area (Å²) in [7, 11) is 0. The number of carbonyl (C=O) groups excluding carboxylic acids is 1. The number of benzene rings is 3. The second kappa shape index (κ2) is 8.96. The molecule has 164 valence electrons. The van der Waals surface area contributed by atoms with Gasteiger partial charge in [0.05, 0.1) is 0 Å². The highest BCUT2D eigenvalue weighted by Crippen LogP contribution is 2.44. The largest absolute Gasteiger partial charge is 0.480 e. The van der Waals surface area contributed by atoms with E-state index in [0.29, 0.717) is 0 Å². The van der Waals surface area contributed by atoms with Crippen molar-refractivity contribution in [2.24, 2.45) is 0 Å². The molecule has 1 aliphatic carbocycles. The van der Waals surface area contributed by atoms with Crippen LogP contribution in [0.25, 0.3) is 11.1 Å². The van der Waals surface area contributed by atoms with E-state index in [1.54, 1.807) is 0 Å². The highest BCUT2D eigenvalue weighted by atomic mass is 35.5. The normalized spacial score (nSPS) is 13.2. The lowest BCUT2D eigenvalue weighted by Crippen LogP contribution is -2.43. The van der Waals surface area contributed by atoms with Crippen LogP contribution in [0, 0.1) is 11.6 Å². The molecule has 1 unspecified atom stereocenters. The summed E-state index contributed by atoms with van der Waals surface area (Å²) in [4.78, 5) is 23.9. The van der Waals surface area contributed by atoms with Gasteiger partial charge in [0.15, 0.2) is 0 Å². The smallest absolute Gasteiger partial charge is 0.407 e. The van der Waals surface area contributed by atoms with Crippen molar-refractivity contribution in [3.8, 4) is 11.1 Å². The molecule has 0 fully saturated rings. The number of alkyl carbamates (subject to hydrolysis) is 1. The standard InChI is InChI=1S/C24H18ClF2NO4/c25-13-9-20(26)18(21(27)10-13)11-22(23(29)30)28-24(31)32-12-19-16-7-3-1-5-14(16)15-6-2-4-8-17(15)19/h1-10,19,22H,11-12H2,(H,28,31)(H,29,30). The second-order valence-corrected chi connectivity index (χ2v) is 7.85. The maximum Gasteiger partial charge on any atom is 0.407 e. The summed E-state index contributed by atoms with van der Waals surface area (Å²) in [6.45, 7) is -0.0180. The Hall–Kier alpha value is -3.45. The zero-order valence-electron chi connectivity index (χ0n) is 16.6. The number of hydrogen-bond acceptors (Lipinski definition) is 3. The first kappa shape index (κ1) is 21.8. The number of fused-ring (bicyclic) bond motifs is 3. The topological polar surface area (TPSA) is 75.6 Å². The molecule has 0 bridgehead atoms. The number of ether oxygens (including phenoxy) is 1. The van der Waals surface area contributed by atoms with E-state index in [0.717, 1.165) is 34.4 Å². The van der Waals surface area contributed by atoms with E-state index in [2.05, 4.69) is 5.32 Å². The van der Waals surface area contributed by atoms with Crippen LogP contribution in [0.15, 0.2) is 60.7 Å². The van der Waals surface area contributed by atoms with Crippen LogP contribution in [0.2, 0.25) is 5.02 Å². The Bertz CT molecular complexity index is 1130. The number of halogens is 3. The summed E-state index contributed by atoms with van der Waals surface area (Å²) in [5.74, 6) is -3.64. The lowest BCUT2D eigenvalue weighted by molar-refractivity contribution is -0.139. The number of rotatable bonds is 6. The number of carboxylic acid groups (broad SMARTS) is 1. The van der Waals surface area contributed by atoms with Crippen molar-refractivity contribution < 1.29 is 28.2 Å². The van der Waals surface area contributed by atoms with E-state index in [1.165, 1.54) is 0 Å². The molecular formula is C24H18ClF2NO4. The van der Waals surface area contributed by atoms with E-state index in [9.17, 15) is 23.5 Å². The minimum Gasteiger partial charge on any atom is -0.480 e. The quantitative estimate of drug-likeness (QED) is 0.536. The van der Waals surface area contributed by atoms with Crippen molar-refractivity contribution in [2.45, 2.75) is 18.4 Å². The van der Waals surface area contributed by atoms with Gasteiger partial charge in [-0.05, 0) is 34.4 Å². The predicted molar refractivity (Wildman–Crippen MR) is 115 cm³/mol. The van der Waals surface area contributed by atoms with Crippen molar-refractivity contribution in [1.82, 2.24) is 5.32 Å². The number of aliphatic carboxylic acids is 1. The van der Waals surface area contributed by atoms with Gasteiger partial charge >= 0.3 is 12.1 Å². The van der Waals surface area contributed by atoms with Crippen molar-refractivity contribution in [2.75, 3.05) is 6.61 Å². The number of carboxylic acids is 1. The maximum atomic E-state index is 14.0. The van der Waals surface area contributed by atoms with E-state index in [1.807, 2.05) is 48.5 Å². The Morgan fingerprint density at radius 3 is 2.06 bits per heavy atom. The van der Waals surface area contributed by atoms with Crippen LogP contribution in [0.1, 0.15) is 22.6 Å². The highest BCUT2D eigenvalue weighted by molar-refractivity contribution is 6.30. The monoisotopic (exact) mass is 457 g/mol. The van der Waals surface area contributed by atoms with Crippen LogP contribution in [-0.4, -0.2) is 29.8 Å². The van der Waals surface area contributed by atoms with Gasteiger partial charge in [0.2, 0.25) is 0 Å². The lowest BCUT2D eigenvalue weighted by atomic mass is 9.98. The molecule has 3 aromatic rings. The molecule has 0 aromatic heterocycles. The van der Waals surface area contributed by atoms with E-state index >= 15 is 0 Å². The van der Waals surface area contributed by atoms with Crippen LogP contribution in [-0.2, 0) is 16.0 Å². The van der Waals surface area contributed by atoms with Crippen molar-refractivity contribution >= 4 is 23.7 Å². The third-order valence-electron chi connectivity index (χ3n) is 5.45. The van der Waals surface area contributed by atoms with Crippen LogP contribution < -0.4 is 5.32 Å². The average Bonchev–Trinajstić information content (AvgIpc) is 3.07. The predicted octanol–water partition coefficient (Wildman–Crippen LogP) is 5.15. The molecule has 0 radical (unpaired) electrons. The van der Waals surface area contributed by atoms with Crippen LogP contribution in [0.4, 0.5) is 13.6 Å². The molecule has 0 aliphatic heterocycles. The SMILES string of the molecule is O=C(NC(Cc1c(F)cc(Cl)cc1F)C(=O)O)OCC1c2ccccc2-c2ccccc21. The first-order valence-corrected chi connectivity index (χ1v) is 10.2. The van der Waals surface area contributed by atoms with Crippen molar-refractivity contribution in [3.05, 3.63) is 94.0 Å². The summed E-state index contributed by atoms with van der Waals surface area (Å²) in [5, 5.41) is 11.4. The molecular weight excluding hydrogens is 440 g/mol. The van der Waals surface area contributed by atoms with Gasteiger partial charge in [0.1, 0.15) is 24.3 Å². The van der Waals surface area contributed by atoms with Gasteiger partial charge < -0.3 is 15.2 Å². The maximum absolute atomic E-state index is 14.0. The molecule has 0 saturated carbocycles. The third-order valence-corrected chi connectivity index (χ3v) is 5.67. The Morgan fingerprint density at radius 1 is 1.00 bits per heavy atom. The molecule has 1 amide bonds. The second-order valence-electron chi connectivity index (χ2n) is 7.41. The Labute approximate surface area is 187 Å². The summed E-state index contributed by atoms with van der Waals surface area (Å²) < 4.78 is 33.4. The fraction of sp³-hybridized carbons (Fsp3) is 0.167. The van der Waals surface area contributed by atoms with Crippen molar-refractivity contribution in [1.29, 1.82) is 0 Å². The minimum atomic E-state index is -1.59. The minimum absolute atomic E-state index is 0.0180. The van der Waals surface area contributed by atoms with E-state index in [-0.39, 0.29) is 17.5 Å². The Morgan fingerprint density at radius 2 is 1.53 bits per heavy atom. The van der Waals surface area contributed by atoms with Crippen molar-refractivity contribution in [3.63, 3.8) is 0 Å². The summed E-state index contributed by atoms with van der Waals surface area (Å²) in [6, 6.07) is 15.7. The number of hydrogen-bond donors (Lipinski definition) is 2. The fourth-order valence-corrected chi connectivity index (χ4v) is 4.15. The molecule has 3 aromatic carbocycles. The molecule has 4 rings (SSSR count). The summed E-state index contributed by atoms with van der Waals surface area (Å²) >= 11 is 5.59. The third kappa shape index (κ3) is 4.29. The first-order valence-electron chi connectivity index (χ1n) is 9.83. The van der Waals surface area contributed by atoms with Crippen LogP contribution in [0.3, 0.4) is 0 Å². The molecule has 2 N–H and O–H groups in total. The molecule has 0 saturated heterocycles. The molecule has 5 nitrogen and oxygen atoms in total. The molecule has 0 spiro atoms. The first-order chi connectivity index (χ1) is 15.3. The average molecular weight is 458 g/mol. The highest BCUT2D eigenvalue weighted by Gasteiger charge is 2.30. The molecule has 0 heterocycles. The van der Waals surface area contributed by atoms with Gasteiger partial charge in [-0.25, -0.2) is 18.4 Å². The lowest BCUT2D eigenvalue weighted by Gasteiger charge is -2.18. The Kier molecular flexibility index (Phi) is 6.10. The van der Waals surface area contributed by atoms with Gasteiger partial charge in [-0.15, -0.1) is 0 Å². The fourth-order valence-electron chi connectivity index (χ4n) is 3.95. The van der Waals surface area contributed by atoms with Crippen LogP contribution in [0.5, 0.6) is 0 Å². The van der Waals surface area contributed by atoms with E-state index in [4.69, 9.17) is 16.3 Å². The van der Waals surface area contributed by atoms with Gasteiger partial charge in [-0.2, -0.15) is 0 Å².